The summed E-state index contributed by atoms with van der Waals surface area (Å²) in [6.45, 7) is 4.26. The van der Waals surface area contributed by atoms with Gasteiger partial charge in [-0.05, 0) is 0 Å². The van der Waals surface area contributed by atoms with Gasteiger partial charge in [0.15, 0.2) is 12.2 Å². The van der Waals surface area contributed by atoms with Crippen molar-refractivity contribution in [2.45, 2.75) is 58.4 Å². The lowest BCUT2D eigenvalue weighted by Gasteiger charge is -2.26. The van der Waals surface area contributed by atoms with Gasteiger partial charge in [-0.1, -0.05) is 0 Å². The lowest BCUT2D eigenvalue weighted by atomic mass is 10.1. The van der Waals surface area contributed by atoms with Crippen LogP contribution in [0.5, 0.6) is 0 Å². The van der Waals surface area contributed by atoms with Gasteiger partial charge in [-0.25, -0.2) is 4.79 Å². The number of methoxy groups -OCH3 is 1. The fourth-order valence-corrected chi connectivity index (χ4v) is 2.34. The van der Waals surface area contributed by atoms with E-state index in [0.29, 0.717) is 0 Å². The summed E-state index contributed by atoms with van der Waals surface area (Å²) in [6, 6.07) is 0. The van der Waals surface area contributed by atoms with Crippen molar-refractivity contribution < 1.29 is 52.4 Å². The summed E-state index contributed by atoms with van der Waals surface area (Å²) < 4.78 is 29.9. The fraction of sp³-hybridized carbons (Fsp3) is 0.667. The molecule has 11 nitrogen and oxygen atoms in total. The Hall–Kier alpha value is -2.69. The van der Waals surface area contributed by atoms with Crippen molar-refractivity contribution in [3.05, 3.63) is 0 Å². The number of esters is 5. The summed E-state index contributed by atoms with van der Waals surface area (Å²) in [5, 5.41) is 0. The second kappa shape index (κ2) is 9.13. The molecule has 0 radical (unpaired) electrons. The lowest BCUT2D eigenvalue weighted by molar-refractivity contribution is -0.204. The van der Waals surface area contributed by atoms with Crippen molar-refractivity contribution in [2.24, 2.45) is 0 Å². The molecule has 26 heavy (non-hydrogen) atoms. The van der Waals surface area contributed by atoms with Gasteiger partial charge in [0.2, 0.25) is 18.5 Å². The van der Waals surface area contributed by atoms with E-state index in [4.69, 9.17) is 23.7 Å². The third kappa shape index (κ3) is 5.69. The molecule has 11 heteroatoms. The molecular formula is C15H20O11. The number of hydrogen-bond acceptors (Lipinski definition) is 11. The number of ether oxygens (including phenoxy) is 6. The molecule has 0 amide bonds. The Kier molecular flexibility index (Phi) is 7.50. The zero-order chi connectivity index (χ0) is 20.0. The minimum atomic E-state index is -1.65. The van der Waals surface area contributed by atoms with Crippen LogP contribution < -0.4 is 0 Å². The highest BCUT2D eigenvalue weighted by atomic mass is 16.8. The molecule has 1 heterocycles. The normalized spacial score (nSPS) is 25.6. The minimum Gasteiger partial charge on any atom is -0.466 e. The molecule has 1 saturated heterocycles. The van der Waals surface area contributed by atoms with E-state index >= 15 is 0 Å². The van der Waals surface area contributed by atoms with Crippen LogP contribution in [-0.2, 0) is 52.4 Å². The predicted molar refractivity (Wildman–Crippen MR) is 79.1 cm³/mol. The largest absolute Gasteiger partial charge is 0.466 e. The Labute approximate surface area is 148 Å². The molecule has 146 valence electrons. The van der Waals surface area contributed by atoms with Crippen LogP contribution in [0.1, 0.15) is 27.7 Å². The van der Waals surface area contributed by atoms with E-state index in [1.807, 2.05) is 0 Å². The highest BCUT2D eigenvalue weighted by Crippen LogP contribution is 2.31. The molecule has 1 aliphatic heterocycles. The van der Waals surface area contributed by atoms with Crippen molar-refractivity contribution >= 4 is 29.8 Å². The summed E-state index contributed by atoms with van der Waals surface area (Å²) in [4.78, 5) is 57.4. The minimum absolute atomic E-state index is 0.781. The Balaban J connectivity index is 3.28. The van der Waals surface area contributed by atoms with Crippen LogP contribution >= 0.6 is 0 Å². The van der Waals surface area contributed by atoms with E-state index < -0.39 is 60.6 Å². The summed E-state index contributed by atoms with van der Waals surface area (Å²) in [5.41, 5.74) is 0. The molecule has 1 fully saturated rings. The van der Waals surface area contributed by atoms with E-state index in [2.05, 4.69) is 4.74 Å². The lowest BCUT2D eigenvalue weighted by Crippen LogP contribution is -2.48. The zero-order valence-electron chi connectivity index (χ0n) is 14.9. The quantitative estimate of drug-likeness (QED) is 0.426. The smallest absolute Gasteiger partial charge is 0.350 e. The van der Waals surface area contributed by atoms with Gasteiger partial charge in [0.05, 0.1) is 7.11 Å². The summed E-state index contributed by atoms with van der Waals surface area (Å²) >= 11 is 0. The van der Waals surface area contributed by atoms with Gasteiger partial charge in [-0.2, -0.15) is 0 Å². The number of rotatable bonds is 6. The number of hydrogen-bond donors (Lipinski definition) is 0. The number of carbonyl (C=O) groups is 5. The first-order valence-electron chi connectivity index (χ1n) is 7.49. The topological polar surface area (TPSA) is 141 Å². The van der Waals surface area contributed by atoms with Crippen LogP contribution in [0.15, 0.2) is 0 Å². The third-order valence-corrected chi connectivity index (χ3v) is 3.12. The molecule has 5 atom stereocenters. The standard InChI is InChI=1S/C15H20O11/c1-6(16)22-11-10(12(14(20)21-5)23-7(2)17)26-15(25-9(4)19)13(11)24-8(3)18/h10-13,15H,1-5H3/t10-,11+,12+,13-,15-/m1/s1. The van der Waals surface area contributed by atoms with Crippen molar-refractivity contribution in [3.63, 3.8) is 0 Å². The summed E-state index contributed by atoms with van der Waals surface area (Å²) in [5.74, 6) is -4.21. The fourth-order valence-electron chi connectivity index (χ4n) is 2.34. The maximum Gasteiger partial charge on any atom is 0.350 e. The molecule has 0 aliphatic carbocycles. The monoisotopic (exact) mass is 376 g/mol. The van der Waals surface area contributed by atoms with Crippen LogP contribution in [0.4, 0.5) is 0 Å². The first-order valence-corrected chi connectivity index (χ1v) is 7.49. The van der Waals surface area contributed by atoms with E-state index in [1.54, 1.807) is 0 Å². The van der Waals surface area contributed by atoms with Gasteiger partial charge in [0.1, 0.15) is 0 Å². The molecule has 0 aromatic carbocycles. The van der Waals surface area contributed by atoms with Crippen molar-refractivity contribution in [1.82, 2.24) is 0 Å². The first-order chi connectivity index (χ1) is 12.1. The maximum absolute atomic E-state index is 12.0. The van der Waals surface area contributed by atoms with E-state index in [0.717, 1.165) is 34.8 Å². The Bertz CT molecular complexity index is 584. The predicted octanol–water partition coefficient (Wildman–Crippen LogP) is -0.757. The van der Waals surface area contributed by atoms with E-state index in [9.17, 15) is 24.0 Å². The first kappa shape index (κ1) is 21.4. The molecule has 0 bridgehead atoms. The van der Waals surface area contributed by atoms with Crippen molar-refractivity contribution in [2.75, 3.05) is 7.11 Å². The summed E-state index contributed by atoms with van der Waals surface area (Å²) in [6.07, 6.45) is -7.37. The average molecular weight is 376 g/mol. The Morgan fingerprint density at radius 3 is 1.69 bits per heavy atom. The van der Waals surface area contributed by atoms with Crippen LogP contribution in [0.25, 0.3) is 0 Å². The molecule has 0 aromatic rings. The van der Waals surface area contributed by atoms with Crippen LogP contribution in [0, 0.1) is 0 Å². The summed E-state index contributed by atoms with van der Waals surface area (Å²) in [7, 11) is 1.04. The molecular weight excluding hydrogens is 356 g/mol. The van der Waals surface area contributed by atoms with Gasteiger partial charge in [-0.15, -0.1) is 0 Å². The van der Waals surface area contributed by atoms with Crippen LogP contribution in [-0.4, -0.2) is 67.7 Å². The maximum atomic E-state index is 12.0. The molecule has 1 aliphatic rings. The van der Waals surface area contributed by atoms with Crippen LogP contribution in [0.2, 0.25) is 0 Å². The molecule has 0 aromatic heterocycles. The second-order valence-electron chi connectivity index (χ2n) is 5.28. The SMILES string of the molecule is COC(=O)[C@@H](OC(C)=O)[C@@H]1O[C@@H](OC(C)=O)[C@H](OC(C)=O)[C@H]1OC(C)=O. The van der Waals surface area contributed by atoms with Crippen LogP contribution in [0.3, 0.4) is 0 Å². The van der Waals surface area contributed by atoms with Gasteiger partial charge in [0.25, 0.3) is 0 Å². The molecule has 0 saturated carbocycles. The van der Waals surface area contributed by atoms with Gasteiger partial charge >= 0.3 is 29.8 Å². The Morgan fingerprint density at radius 2 is 1.27 bits per heavy atom. The van der Waals surface area contributed by atoms with Gasteiger partial charge in [-0.3, -0.25) is 19.2 Å². The Morgan fingerprint density at radius 1 is 0.769 bits per heavy atom. The molecule has 0 N–H and O–H groups in total. The molecule has 0 unspecified atom stereocenters. The van der Waals surface area contributed by atoms with E-state index in [1.165, 1.54) is 0 Å². The van der Waals surface area contributed by atoms with E-state index in [-0.39, 0.29) is 0 Å². The molecule has 0 spiro atoms. The third-order valence-electron chi connectivity index (χ3n) is 3.12. The van der Waals surface area contributed by atoms with Gasteiger partial charge in [0, 0.05) is 27.7 Å². The van der Waals surface area contributed by atoms with Gasteiger partial charge < -0.3 is 28.4 Å². The highest BCUT2D eigenvalue weighted by molar-refractivity contribution is 5.79. The van der Waals surface area contributed by atoms with Crippen molar-refractivity contribution in [1.29, 1.82) is 0 Å². The zero-order valence-corrected chi connectivity index (χ0v) is 14.9. The number of carbonyl (C=O) groups excluding carboxylic acids is 5. The second-order valence-corrected chi connectivity index (χ2v) is 5.28. The van der Waals surface area contributed by atoms with Crippen molar-refractivity contribution in [3.8, 4) is 0 Å². The molecule has 1 rings (SSSR count). The highest BCUT2D eigenvalue weighted by Gasteiger charge is 2.56. The average Bonchev–Trinajstić information content (AvgIpc) is 2.80.